The van der Waals surface area contributed by atoms with Gasteiger partial charge in [-0.1, -0.05) is 0 Å². The molecular weight excluding hydrogens is 168 g/mol. The fourth-order valence-electron chi connectivity index (χ4n) is 0.267. The molecule has 10 heteroatoms. The Morgan fingerprint density at radius 3 is 2.17 bits per heavy atom. The third-order valence-electron chi connectivity index (χ3n) is 0.763. The summed E-state index contributed by atoms with van der Waals surface area (Å²) in [6.45, 7) is 0. The van der Waals surface area contributed by atoms with E-state index in [1.54, 1.807) is 10.9 Å². The van der Waals surface area contributed by atoms with Crippen molar-refractivity contribution in [2.24, 2.45) is 17.5 Å². The van der Waals surface area contributed by atoms with Gasteiger partial charge in [0.05, 0.1) is 0 Å². The van der Waals surface area contributed by atoms with Crippen molar-refractivity contribution >= 4 is 12.1 Å². The van der Waals surface area contributed by atoms with Crippen molar-refractivity contribution in [2.45, 2.75) is 0 Å². The second-order valence-corrected chi connectivity index (χ2v) is 1.53. The van der Waals surface area contributed by atoms with Crippen LogP contribution in [0.15, 0.2) is 0 Å². The van der Waals surface area contributed by atoms with E-state index in [1.807, 2.05) is 11.0 Å². The molecular formula is C2H10N8O2. The van der Waals surface area contributed by atoms with Crippen molar-refractivity contribution in [3.63, 3.8) is 0 Å². The minimum absolute atomic E-state index is 0.412. The highest BCUT2D eigenvalue weighted by atomic mass is 16.2. The number of nitrogens with zero attached hydrogens (tertiary/aromatic N) is 1. The lowest BCUT2D eigenvalue weighted by atomic mass is 11.0. The number of nitrogens with two attached hydrogens (primary N) is 3. The van der Waals surface area contributed by atoms with Gasteiger partial charge in [-0.3, -0.25) is 16.3 Å². The Bertz CT molecular complexity index is 168. The zero-order valence-corrected chi connectivity index (χ0v) is 6.00. The molecule has 0 rings (SSSR count). The van der Waals surface area contributed by atoms with E-state index in [-0.39, 0.29) is 0 Å². The first-order valence-corrected chi connectivity index (χ1v) is 2.69. The molecule has 0 aliphatic carbocycles. The number of hydrazine groups is 5. The van der Waals surface area contributed by atoms with Gasteiger partial charge < -0.3 is 0 Å². The maximum absolute atomic E-state index is 10.5. The number of amides is 4. The maximum Gasteiger partial charge on any atom is 0.362 e. The molecule has 0 unspecified atom stereocenters. The molecule has 4 amide bonds. The number of carbonyl (C=O) groups is 2. The number of rotatable bonds is 2. The van der Waals surface area contributed by atoms with Crippen LogP contribution in [0.25, 0.3) is 0 Å². The molecule has 0 saturated heterocycles. The Balaban J connectivity index is 3.63. The van der Waals surface area contributed by atoms with Gasteiger partial charge in [0.2, 0.25) is 0 Å². The molecule has 0 saturated carbocycles. The monoisotopic (exact) mass is 178 g/mol. The topological polar surface area (TPSA) is 164 Å². The van der Waals surface area contributed by atoms with Crippen LogP contribution in [0.1, 0.15) is 0 Å². The largest absolute Gasteiger partial charge is 0.362 e. The van der Waals surface area contributed by atoms with E-state index < -0.39 is 12.1 Å². The van der Waals surface area contributed by atoms with Crippen molar-refractivity contribution in [2.75, 3.05) is 0 Å². The Labute approximate surface area is 67.3 Å². The molecule has 10 nitrogen and oxygen atoms in total. The third-order valence-corrected chi connectivity index (χ3v) is 0.763. The average molecular weight is 178 g/mol. The zero-order valence-electron chi connectivity index (χ0n) is 6.00. The molecule has 70 valence electrons. The Morgan fingerprint density at radius 1 is 1.17 bits per heavy atom. The van der Waals surface area contributed by atoms with Crippen LogP contribution in [0, 0.1) is 0 Å². The highest BCUT2D eigenvalue weighted by Gasteiger charge is 2.06. The molecule has 12 heavy (non-hydrogen) atoms. The van der Waals surface area contributed by atoms with Crippen molar-refractivity contribution in [3.8, 4) is 0 Å². The molecule has 0 fully saturated rings. The van der Waals surface area contributed by atoms with Gasteiger partial charge in [0.25, 0.3) is 0 Å². The number of urea groups is 2. The summed E-state index contributed by atoms with van der Waals surface area (Å²) in [6.07, 6.45) is 0. The molecule has 0 aromatic heterocycles. The van der Waals surface area contributed by atoms with Crippen LogP contribution < -0.4 is 39.3 Å². The van der Waals surface area contributed by atoms with Gasteiger partial charge in [0, 0.05) is 0 Å². The second kappa shape index (κ2) is 5.09. The second-order valence-electron chi connectivity index (χ2n) is 1.53. The lowest BCUT2D eigenvalue weighted by Crippen LogP contribution is -2.61. The molecule has 0 bridgehead atoms. The molecule has 0 aromatic carbocycles. The smallest absolute Gasteiger partial charge is 0.275 e. The van der Waals surface area contributed by atoms with Gasteiger partial charge in [-0.2, -0.15) is 5.12 Å². The van der Waals surface area contributed by atoms with E-state index in [9.17, 15) is 9.59 Å². The molecule has 0 atom stereocenters. The van der Waals surface area contributed by atoms with Gasteiger partial charge in [0.15, 0.2) is 0 Å². The normalized spacial score (nSPS) is 8.58. The Morgan fingerprint density at radius 2 is 1.75 bits per heavy atom. The SMILES string of the molecule is NNC(=O)NNN(N)C(=O)NN. The van der Waals surface area contributed by atoms with E-state index in [1.165, 1.54) is 0 Å². The number of hydrogen-bond donors (Lipinski definition) is 7. The third kappa shape index (κ3) is 3.52. The summed E-state index contributed by atoms with van der Waals surface area (Å²) in [4.78, 5) is 20.9. The lowest BCUT2D eigenvalue weighted by molar-refractivity contribution is 0.155. The molecule has 0 aliphatic heterocycles. The summed E-state index contributed by atoms with van der Waals surface area (Å²) in [5.74, 6) is 14.4. The van der Waals surface area contributed by atoms with Crippen LogP contribution in [0.4, 0.5) is 9.59 Å². The van der Waals surface area contributed by atoms with Crippen LogP contribution >= 0.6 is 0 Å². The molecule has 10 N–H and O–H groups in total. The summed E-state index contributed by atoms with van der Waals surface area (Å²) in [5, 5.41) is 0.412. The standard InChI is InChI=1S/C2H10N8O2/c3-6-1(11)8-9-10(5)2(12)7-4/h9H,3-5H2,(H,7,12)(H2,6,8,11). The maximum atomic E-state index is 10.5. The zero-order chi connectivity index (χ0) is 9.56. The Kier molecular flexibility index (Phi) is 4.40. The molecule has 0 aromatic rings. The highest BCUT2D eigenvalue weighted by Crippen LogP contribution is 1.66. The molecule has 0 spiro atoms. The lowest BCUT2D eigenvalue weighted by Gasteiger charge is -2.16. The van der Waals surface area contributed by atoms with Crippen LogP contribution in [0.3, 0.4) is 0 Å². The summed E-state index contributed by atoms with van der Waals surface area (Å²) in [6, 6.07) is -1.61. The van der Waals surface area contributed by atoms with E-state index in [0.29, 0.717) is 5.12 Å². The fourth-order valence-corrected chi connectivity index (χ4v) is 0.267. The number of nitrogens with one attached hydrogen (secondary N) is 4. The minimum Gasteiger partial charge on any atom is -0.275 e. The molecule has 0 aliphatic rings. The predicted octanol–water partition coefficient (Wildman–Crippen LogP) is -3.66. The molecule has 0 heterocycles. The van der Waals surface area contributed by atoms with E-state index >= 15 is 0 Å². The van der Waals surface area contributed by atoms with Gasteiger partial charge in [0.1, 0.15) is 0 Å². The summed E-state index contributed by atoms with van der Waals surface area (Å²) in [7, 11) is 0. The number of carbonyl (C=O) groups excluding carboxylic acids is 2. The quantitative estimate of drug-likeness (QED) is 0.131. The van der Waals surface area contributed by atoms with Gasteiger partial charge in [-0.25, -0.2) is 27.1 Å². The van der Waals surface area contributed by atoms with Crippen LogP contribution in [0.2, 0.25) is 0 Å². The van der Waals surface area contributed by atoms with Gasteiger partial charge in [-0.15, -0.1) is 5.53 Å². The van der Waals surface area contributed by atoms with Crippen molar-refractivity contribution in [1.29, 1.82) is 0 Å². The van der Waals surface area contributed by atoms with Crippen molar-refractivity contribution in [3.05, 3.63) is 0 Å². The van der Waals surface area contributed by atoms with Gasteiger partial charge in [-0.05, 0) is 0 Å². The van der Waals surface area contributed by atoms with Crippen molar-refractivity contribution in [1.82, 2.24) is 26.9 Å². The van der Waals surface area contributed by atoms with E-state index in [4.69, 9.17) is 11.7 Å². The predicted molar refractivity (Wildman–Crippen MR) is 37.7 cm³/mol. The first-order chi connectivity index (χ1) is 5.61. The summed E-state index contributed by atoms with van der Waals surface area (Å²) in [5.41, 5.74) is 7.29. The number of hydrogen-bond acceptors (Lipinski definition) is 6. The molecule has 0 radical (unpaired) electrons. The summed E-state index contributed by atoms with van der Waals surface area (Å²) < 4.78 is 0. The van der Waals surface area contributed by atoms with E-state index in [2.05, 4.69) is 5.84 Å². The van der Waals surface area contributed by atoms with Crippen LogP contribution in [-0.4, -0.2) is 17.2 Å². The van der Waals surface area contributed by atoms with Crippen molar-refractivity contribution < 1.29 is 9.59 Å². The fraction of sp³-hybridized carbons (Fsp3) is 0. The summed E-state index contributed by atoms with van der Waals surface area (Å²) >= 11 is 0. The first kappa shape index (κ1) is 10.4. The van der Waals surface area contributed by atoms with Crippen LogP contribution in [-0.2, 0) is 0 Å². The average Bonchev–Trinajstić information content (AvgIpc) is 2.11. The van der Waals surface area contributed by atoms with Crippen LogP contribution in [0.5, 0.6) is 0 Å². The minimum atomic E-state index is -0.840. The highest BCUT2D eigenvalue weighted by molar-refractivity contribution is 5.74. The van der Waals surface area contributed by atoms with Gasteiger partial charge >= 0.3 is 12.1 Å². The first-order valence-electron chi connectivity index (χ1n) is 2.69. The van der Waals surface area contributed by atoms with E-state index in [0.717, 1.165) is 0 Å². The Hall–Kier alpha value is -1.62.